The van der Waals surface area contributed by atoms with E-state index in [1.54, 1.807) is 24.3 Å². The molecule has 25 heavy (non-hydrogen) atoms. The van der Waals surface area contributed by atoms with Gasteiger partial charge in [0.15, 0.2) is 12.4 Å². The summed E-state index contributed by atoms with van der Waals surface area (Å²) in [5, 5.41) is 19.3. The fourth-order valence-corrected chi connectivity index (χ4v) is 2.08. The Morgan fingerprint density at radius 3 is 2.48 bits per heavy atom. The molecule has 0 aliphatic heterocycles. The Morgan fingerprint density at radius 1 is 1.20 bits per heavy atom. The van der Waals surface area contributed by atoms with Crippen LogP contribution in [0.15, 0.2) is 48.5 Å². The number of benzene rings is 2. The largest absolute Gasteiger partial charge is 0.482 e. The number of carbonyl (C=O) groups excluding carboxylic acids is 1. The number of ether oxygens (including phenoxy) is 1. The zero-order chi connectivity index (χ0) is 18.4. The molecule has 0 unspecified atom stereocenters. The normalized spacial score (nSPS) is 10.6. The van der Waals surface area contributed by atoms with Crippen LogP contribution in [-0.2, 0) is 4.79 Å². The lowest BCUT2D eigenvalue weighted by Crippen LogP contribution is -2.09. The monoisotopic (exact) mass is 361 g/mol. The molecule has 0 spiro atoms. The molecular formula is C17H12ClNO6. The lowest BCUT2D eigenvalue weighted by Gasteiger charge is -2.03. The lowest BCUT2D eigenvalue weighted by atomic mass is 10.1. The third-order valence-electron chi connectivity index (χ3n) is 3.10. The Hall–Kier alpha value is -3.19. The zero-order valence-corrected chi connectivity index (χ0v) is 13.5. The summed E-state index contributed by atoms with van der Waals surface area (Å²) in [4.78, 5) is 32.7. The first-order valence-electron chi connectivity index (χ1n) is 6.98. The van der Waals surface area contributed by atoms with E-state index in [9.17, 15) is 19.7 Å². The number of rotatable bonds is 7. The van der Waals surface area contributed by atoms with Crippen LogP contribution in [0.1, 0.15) is 15.9 Å². The van der Waals surface area contributed by atoms with Gasteiger partial charge in [0.25, 0.3) is 5.69 Å². The lowest BCUT2D eigenvalue weighted by molar-refractivity contribution is -0.384. The molecule has 0 saturated carbocycles. The van der Waals surface area contributed by atoms with Gasteiger partial charge in [-0.3, -0.25) is 14.9 Å². The van der Waals surface area contributed by atoms with E-state index in [0.29, 0.717) is 11.3 Å². The van der Waals surface area contributed by atoms with Crippen LogP contribution >= 0.6 is 11.6 Å². The molecule has 0 bridgehead atoms. The van der Waals surface area contributed by atoms with Gasteiger partial charge < -0.3 is 9.84 Å². The van der Waals surface area contributed by atoms with E-state index >= 15 is 0 Å². The molecule has 0 heterocycles. The molecule has 0 amide bonds. The van der Waals surface area contributed by atoms with Crippen molar-refractivity contribution in [1.82, 2.24) is 0 Å². The summed E-state index contributed by atoms with van der Waals surface area (Å²) in [5.41, 5.74) is 0.495. The summed E-state index contributed by atoms with van der Waals surface area (Å²) in [7, 11) is 0. The number of nitro groups is 1. The van der Waals surface area contributed by atoms with Crippen molar-refractivity contribution in [3.05, 3.63) is 74.8 Å². The SMILES string of the molecule is O=C(O)COc1ccc(/C=C/C(=O)c2ccc(Cl)c([N+](=O)[O-])c2)cc1. The van der Waals surface area contributed by atoms with Crippen LogP contribution in [0.2, 0.25) is 5.02 Å². The van der Waals surface area contributed by atoms with Gasteiger partial charge in [-0.15, -0.1) is 0 Å². The van der Waals surface area contributed by atoms with Crippen LogP contribution in [0.25, 0.3) is 6.08 Å². The number of hydrogen-bond donors (Lipinski definition) is 1. The number of carbonyl (C=O) groups is 2. The molecule has 0 aliphatic carbocycles. The summed E-state index contributed by atoms with van der Waals surface area (Å²) in [5.74, 6) is -1.10. The summed E-state index contributed by atoms with van der Waals surface area (Å²) >= 11 is 5.71. The molecule has 128 valence electrons. The molecule has 0 saturated heterocycles. The number of carboxylic acids is 1. The van der Waals surface area contributed by atoms with Crippen molar-refractivity contribution in [3.8, 4) is 5.75 Å². The predicted octanol–water partition coefficient (Wildman–Crippen LogP) is 3.61. The summed E-state index contributed by atoms with van der Waals surface area (Å²) in [6, 6.07) is 10.3. The summed E-state index contributed by atoms with van der Waals surface area (Å²) < 4.78 is 5.00. The summed E-state index contributed by atoms with van der Waals surface area (Å²) in [6.07, 6.45) is 2.81. The number of nitrogens with zero attached hydrogens (tertiary/aromatic N) is 1. The average Bonchev–Trinajstić information content (AvgIpc) is 2.58. The molecule has 0 radical (unpaired) electrons. The van der Waals surface area contributed by atoms with Gasteiger partial charge in [0.05, 0.1) is 4.92 Å². The fraction of sp³-hybridized carbons (Fsp3) is 0.0588. The maximum Gasteiger partial charge on any atom is 0.341 e. The summed E-state index contributed by atoms with van der Waals surface area (Å²) in [6.45, 7) is -0.441. The van der Waals surface area contributed by atoms with Gasteiger partial charge in [0.2, 0.25) is 0 Å². The van der Waals surface area contributed by atoms with Crippen molar-refractivity contribution in [3.63, 3.8) is 0 Å². The number of carboxylic acid groups (broad SMARTS) is 1. The molecule has 2 aromatic carbocycles. The van der Waals surface area contributed by atoms with E-state index < -0.39 is 23.3 Å². The maximum absolute atomic E-state index is 12.1. The van der Waals surface area contributed by atoms with Crippen LogP contribution in [-0.4, -0.2) is 28.4 Å². The first-order chi connectivity index (χ1) is 11.9. The number of nitro benzene ring substituents is 1. The van der Waals surface area contributed by atoms with Crippen molar-refractivity contribution in [1.29, 1.82) is 0 Å². The number of aliphatic carboxylic acids is 1. The second-order valence-electron chi connectivity index (χ2n) is 4.87. The van der Waals surface area contributed by atoms with E-state index in [0.717, 1.165) is 6.07 Å². The third kappa shape index (κ3) is 5.15. The van der Waals surface area contributed by atoms with Crippen LogP contribution in [0.4, 0.5) is 5.69 Å². The Balaban J connectivity index is 2.08. The zero-order valence-electron chi connectivity index (χ0n) is 12.7. The molecule has 0 aliphatic rings. The smallest absolute Gasteiger partial charge is 0.341 e. The minimum Gasteiger partial charge on any atom is -0.482 e. The second-order valence-corrected chi connectivity index (χ2v) is 5.28. The highest BCUT2D eigenvalue weighted by molar-refractivity contribution is 6.32. The van der Waals surface area contributed by atoms with E-state index in [4.69, 9.17) is 21.4 Å². The van der Waals surface area contributed by atoms with Gasteiger partial charge in [0.1, 0.15) is 10.8 Å². The van der Waals surface area contributed by atoms with Crippen LogP contribution in [0.3, 0.4) is 0 Å². The van der Waals surface area contributed by atoms with E-state index in [-0.39, 0.29) is 16.3 Å². The quantitative estimate of drug-likeness (QED) is 0.349. The Labute approximate surface area is 147 Å². The van der Waals surface area contributed by atoms with Crippen molar-refractivity contribution < 1.29 is 24.4 Å². The van der Waals surface area contributed by atoms with Gasteiger partial charge in [-0.05, 0) is 35.9 Å². The highest BCUT2D eigenvalue weighted by atomic mass is 35.5. The molecule has 0 fully saturated rings. The van der Waals surface area contributed by atoms with Crippen molar-refractivity contribution in [2.45, 2.75) is 0 Å². The average molecular weight is 362 g/mol. The van der Waals surface area contributed by atoms with Gasteiger partial charge in [-0.1, -0.05) is 29.8 Å². The van der Waals surface area contributed by atoms with E-state index in [2.05, 4.69) is 0 Å². The Morgan fingerprint density at radius 2 is 1.88 bits per heavy atom. The molecule has 1 N–H and O–H groups in total. The fourth-order valence-electron chi connectivity index (χ4n) is 1.89. The maximum atomic E-state index is 12.1. The molecular weight excluding hydrogens is 350 g/mol. The van der Waals surface area contributed by atoms with Crippen molar-refractivity contribution in [2.75, 3.05) is 6.61 Å². The first-order valence-corrected chi connectivity index (χ1v) is 7.35. The topological polar surface area (TPSA) is 107 Å². The first kappa shape index (κ1) is 18.2. The van der Waals surface area contributed by atoms with Gasteiger partial charge in [-0.2, -0.15) is 0 Å². The number of hydrogen-bond acceptors (Lipinski definition) is 5. The molecule has 2 rings (SSSR count). The second kappa shape index (κ2) is 8.07. The molecule has 7 nitrogen and oxygen atoms in total. The van der Waals surface area contributed by atoms with Crippen LogP contribution in [0.5, 0.6) is 5.75 Å². The minimum atomic E-state index is -1.08. The van der Waals surface area contributed by atoms with Gasteiger partial charge in [0, 0.05) is 11.6 Å². The predicted molar refractivity (Wildman–Crippen MR) is 91.0 cm³/mol. The van der Waals surface area contributed by atoms with E-state index in [1.807, 2.05) is 0 Å². The van der Waals surface area contributed by atoms with Gasteiger partial charge in [-0.25, -0.2) is 4.79 Å². The van der Waals surface area contributed by atoms with E-state index in [1.165, 1.54) is 24.3 Å². The standard InChI is InChI=1S/C17H12ClNO6/c18-14-7-4-12(9-15(14)19(23)24)16(20)8-3-11-1-5-13(6-2-11)25-10-17(21)22/h1-9H,10H2,(H,21,22)/b8-3+. The molecule has 2 aromatic rings. The van der Waals surface area contributed by atoms with Gasteiger partial charge >= 0.3 is 5.97 Å². The number of allylic oxidation sites excluding steroid dienone is 1. The number of ketones is 1. The van der Waals surface area contributed by atoms with Crippen molar-refractivity contribution >= 4 is 35.1 Å². The molecule has 0 aromatic heterocycles. The van der Waals surface area contributed by atoms with Crippen LogP contribution < -0.4 is 4.74 Å². The third-order valence-corrected chi connectivity index (χ3v) is 3.42. The Kier molecular flexibility index (Phi) is 5.86. The molecule has 8 heteroatoms. The highest BCUT2D eigenvalue weighted by Crippen LogP contribution is 2.25. The highest BCUT2D eigenvalue weighted by Gasteiger charge is 2.15. The number of halogens is 1. The Bertz CT molecular complexity index is 845. The van der Waals surface area contributed by atoms with Crippen LogP contribution in [0, 0.1) is 10.1 Å². The minimum absolute atomic E-state index is 0.0394. The molecule has 0 atom stereocenters. The van der Waals surface area contributed by atoms with Crippen molar-refractivity contribution in [2.24, 2.45) is 0 Å².